The van der Waals surface area contributed by atoms with E-state index in [0.717, 1.165) is 36.2 Å². The summed E-state index contributed by atoms with van der Waals surface area (Å²) in [6.45, 7) is 3.15. The van der Waals surface area contributed by atoms with Gasteiger partial charge in [0.1, 0.15) is 13.2 Å². The molecule has 11 heteroatoms. The molecule has 2 aliphatic heterocycles. The van der Waals surface area contributed by atoms with E-state index in [1.807, 2.05) is 43.2 Å². The van der Waals surface area contributed by atoms with Crippen molar-refractivity contribution in [2.75, 3.05) is 64.4 Å². The summed E-state index contributed by atoms with van der Waals surface area (Å²) in [6.07, 6.45) is 9.96. The van der Waals surface area contributed by atoms with Crippen molar-refractivity contribution < 1.29 is 33.3 Å². The van der Waals surface area contributed by atoms with E-state index < -0.39 is 0 Å². The Labute approximate surface area is 226 Å². The Bertz CT molecular complexity index is 498. The number of hydrogen-bond donors (Lipinski definition) is 0. The van der Waals surface area contributed by atoms with Crippen LogP contribution >= 0.6 is 43.2 Å². The molecule has 0 radical (unpaired) electrons. The zero-order valence-corrected chi connectivity index (χ0v) is 24.1. The number of carbonyl (C=O) groups is 2. The Hall–Kier alpha value is 0.220. The van der Waals surface area contributed by atoms with E-state index in [0.29, 0.717) is 52.5 Å². The summed E-state index contributed by atoms with van der Waals surface area (Å²) < 4.78 is 26.6. The van der Waals surface area contributed by atoms with Crippen molar-refractivity contribution in [3.05, 3.63) is 0 Å². The number of rotatable bonds is 22. The molecule has 0 amide bonds. The highest BCUT2D eigenvalue weighted by Gasteiger charge is 2.16. The fourth-order valence-electron chi connectivity index (χ4n) is 3.53. The average molecular weight is 571 g/mol. The highest BCUT2D eigenvalue weighted by atomic mass is 33.1. The average Bonchev–Trinajstić information content (AvgIpc) is 3.57. The predicted octanol–water partition coefficient (Wildman–Crippen LogP) is 5.55. The third kappa shape index (κ3) is 18.2. The summed E-state index contributed by atoms with van der Waals surface area (Å²) in [5.41, 5.74) is 0. The number of unbranched alkanes of at least 4 members (excludes halogenated alkanes) is 2. The monoisotopic (exact) mass is 570 g/mol. The molecule has 7 nitrogen and oxygen atoms in total. The van der Waals surface area contributed by atoms with Crippen molar-refractivity contribution in [1.29, 1.82) is 0 Å². The molecule has 0 N–H and O–H groups in total. The lowest BCUT2D eigenvalue weighted by Crippen LogP contribution is -2.15. The van der Waals surface area contributed by atoms with Crippen molar-refractivity contribution >= 4 is 55.1 Å². The molecule has 0 aliphatic carbocycles. The molecule has 35 heavy (non-hydrogen) atoms. The largest absolute Gasteiger partial charge is 0.463 e. The van der Waals surface area contributed by atoms with E-state index in [1.54, 1.807) is 0 Å². The predicted molar refractivity (Wildman–Crippen MR) is 148 cm³/mol. The molecule has 2 unspecified atom stereocenters. The van der Waals surface area contributed by atoms with Gasteiger partial charge < -0.3 is 23.7 Å². The van der Waals surface area contributed by atoms with Crippen LogP contribution in [0.3, 0.4) is 0 Å². The first-order chi connectivity index (χ1) is 17.2. The topological polar surface area (TPSA) is 80.3 Å². The van der Waals surface area contributed by atoms with Gasteiger partial charge in [-0.3, -0.25) is 9.59 Å². The van der Waals surface area contributed by atoms with Gasteiger partial charge >= 0.3 is 11.9 Å². The lowest BCUT2D eigenvalue weighted by Gasteiger charge is -2.09. The van der Waals surface area contributed by atoms with E-state index in [9.17, 15) is 9.59 Å². The van der Waals surface area contributed by atoms with Gasteiger partial charge in [-0.15, -0.1) is 0 Å². The van der Waals surface area contributed by atoms with Gasteiger partial charge in [-0.25, -0.2) is 0 Å². The van der Waals surface area contributed by atoms with E-state index in [2.05, 4.69) is 0 Å². The van der Waals surface area contributed by atoms with Crippen LogP contribution in [0.4, 0.5) is 0 Å². The van der Waals surface area contributed by atoms with E-state index >= 15 is 0 Å². The van der Waals surface area contributed by atoms with Gasteiger partial charge in [0.05, 0.1) is 39.6 Å². The van der Waals surface area contributed by atoms with Gasteiger partial charge in [-0.1, -0.05) is 56.0 Å². The Morgan fingerprint density at radius 2 is 0.971 bits per heavy atom. The summed E-state index contributed by atoms with van der Waals surface area (Å²) in [5.74, 6) is 2.24. The second kappa shape index (κ2) is 22.2. The highest BCUT2D eigenvalue weighted by molar-refractivity contribution is 8.77. The van der Waals surface area contributed by atoms with Crippen LogP contribution < -0.4 is 0 Å². The summed E-state index contributed by atoms with van der Waals surface area (Å²) in [4.78, 5) is 23.4. The fourth-order valence-corrected chi connectivity index (χ4v) is 9.58. The minimum atomic E-state index is -0.140. The maximum Gasteiger partial charge on any atom is 0.305 e. The van der Waals surface area contributed by atoms with Crippen LogP contribution in [0.2, 0.25) is 0 Å². The Morgan fingerprint density at radius 3 is 1.34 bits per heavy atom. The Balaban J connectivity index is 1.22. The van der Waals surface area contributed by atoms with Crippen molar-refractivity contribution in [3.8, 4) is 0 Å². The maximum absolute atomic E-state index is 11.7. The molecular formula is C24H42O7S4. The maximum atomic E-state index is 11.7. The molecule has 2 fully saturated rings. The van der Waals surface area contributed by atoms with Crippen LogP contribution in [-0.2, 0) is 33.3 Å². The summed E-state index contributed by atoms with van der Waals surface area (Å²) in [5, 5.41) is 1.54. The molecule has 0 saturated carbocycles. The Morgan fingerprint density at radius 1 is 0.571 bits per heavy atom. The zero-order valence-electron chi connectivity index (χ0n) is 20.8. The van der Waals surface area contributed by atoms with Crippen LogP contribution in [0.15, 0.2) is 0 Å². The standard InChI is InChI=1S/C24H42O7S4/c25-23(7-3-1-5-21-9-19-32-34-21)30-17-15-28-13-11-27-12-14-29-16-18-31-24(26)8-4-2-6-22-10-20-33-35-22/h21-22H,1-20H2. The van der Waals surface area contributed by atoms with Crippen molar-refractivity contribution in [3.63, 3.8) is 0 Å². The lowest BCUT2D eigenvalue weighted by atomic mass is 10.1. The lowest BCUT2D eigenvalue weighted by molar-refractivity contribution is -0.146. The van der Waals surface area contributed by atoms with E-state index in [-0.39, 0.29) is 25.2 Å². The van der Waals surface area contributed by atoms with Gasteiger partial charge in [-0.05, 0) is 38.5 Å². The van der Waals surface area contributed by atoms with E-state index in [4.69, 9.17) is 23.7 Å². The molecule has 0 spiro atoms. The smallest absolute Gasteiger partial charge is 0.305 e. The van der Waals surface area contributed by atoms with Crippen LogP contribution in [0.5, 0.6) is 0 Å². The first-order valence-corrected chi connectivity index (χ1v) is 17.6. The number of ether oxygens (including phenoxy) is 5. The van der Waals surface area contributed by atoms with Crippen molar-refractivity contribution in [2.24, 2.45) is 0 Å². The molecule has 0 aromatic heterocycles. The molecule has 2 rings (SSSR count). The first-order valence-electron chi connectivity index (χ1n) is 12.8. The van der Waals surface area contributed by atoms with Gasteiger partial charge in [0.2, 0.25) is 0 Å². The molecule has 2 aliphatic rings. The van der Waals surface area contributed by atoms with Crippen molar-refractivity contribution in [1.82, 2.24) is 0 Å². The molecule has 2 atom stereocenters. The third-order valence-corrected chi connectivity index (χ3v) is 11.5. The van der Waals surface area contributed by atoms with Crippen molar-refractivity contribution in [2.45, 2.75) is 74.7 Å². The molecule has 0 aromatic carbocycles. The van der Waals surface area contributed by atoms with E-state index in [1.165, 1.54) is 37.2 Å². The number of esters is 2. The van der Waals surface area contributed by atoms with Gasteiger partial charge in [0.15, 0.2) is 0 Å². The van der Waals surface area contributed by atoms with Crippen LogP contribution in [0, 0.1) is 0 Å². The van der Waals surface area contributed by atoms with Gasteiger partial charge in [-0.2, -0.15) is 0 Å². The summed E-state index contributed by atoms with van der Waals surface area (Å²) in [6, 6.07) is 0. The van der Waals surface area contributed by atoms with Crippen LogP contribution in [0.25, 0.3) is 0 Å². The third-order valence-electron chi connectivity index (χ3n) is 5.49. The summed E-state index contributed by atoms with van der Waals surface area (Å²) >= 11 is 0. The second-order valence-electron chi connectivity index (χ2n) is 8.43. The molecule has 204 valence electrons. The van der Waals surface area contributed by atoms with Crippen LogP contribution in [-0.4, -0.2) is 86.8 Å². The zero-order chi connectivity index (χ0) is 24.8. The SMILES string of the molecule is O=C(CCCCC1CCSS1)OCCOCCOCCOCCOC(=O)CCCCC1CCSS1. The number of hydrogen-bond acceptors (Lipinski definition) is 11. The molecule has 0 aromatic rings. The highest BCUT2D eigenvalue weighted by Crippen LogP contribution is 2.40. The van der Waals surface area contributed by atoms with Gasteiger partial charge in [0, 0.05) is 34.8 Å². The molecular weight excluding hydrogens is 529 g/mol. The minimum Gasteiger partial charge on any atom is -0.463 e. The Kier molecular flexibility index (Phi) is 20.0. The number of carbonyl (C=O) groups excluding carboxylic acids is 2. The van der Waals surface area contributed by atoms with Gasteiger partial charge in [0.25, 0.3) is 0 Å². The molecule has 2 heterocycles. The second-order valence-corrected chi connectivity index (χ2v) is 14.0. The minimum absolute atomic E-state index is 0.140. The fraction of sp³-hybridized carbons (Fsp3) is 0.917. The summed E-state index contributed by atoms with van der Waals surface area (Å²) in [7, 11) is 7.89. The molecule has 0 bridgehead atoms. The molecule has 2 saturated heterocycles. The first kappa shape index (κ1) is 31.4. The van der Waals surface area contributed by atoms with Crippen LogP contribution in [0.1, 0.15) is 64.2 Å². The quantitative estimate of drug-likeness (QED) is 0.0933. The normalized spacial score (nSPS) is 19.8.